The molecule has 2 atom stereocenters. The van der Waals surface area contributed by atoms with Gasteiger partial charge in [-0.3, -0.25) is 18.8 Å². The summed E-state index contributed by atoms with van der Waals surface area (Å²) in [5.41, 5.74) is 2.04. The summed E-state index contributed by atoms with van der Waals surface area (Å²) in [4.78, 5) is 46.0. The zero-order valence-electron chi connectivity index (χ0n) is 24.1. The van der Waals surface area contributed by atoms with Crippen molar-refractivity contribution < 1.29 is 33.0 Å². The summed E-state index contributed by atoms with van der Waals surface area (Å²) in [6.07, 6.45) is 4.34. The molecule has 44 heavy (non-hydrogen) atoms. The van der Waals surface area contributed by atoms with Crippen molar-refractivity contribution in [2.75, 3.05) is 26.8 Å². The Balaban J connectivity index is 1.23. The van der Waals surface area contributed by atoms with Gasteiger partial charge in [0.25, 0.3) is 5.91 Å². The van der Waals surface area contributed by atoms with Gasteiger partial charge in [-0.25, -0.2) is 9.37 Å². The number of carbonyl (C=O) groups excluding carboxylic acids is 3. The van der Waals surface area contributed by atoms with Crippen LogP contribution in [0.3, 0.4) is 0 Å². The summed E-state index contributed by atoms with van der Waals surface area (Å²) in [6.45, 7) is 0.390. The first-order valence-corrected chi connectivity index (χ1v) is 15.2. The highest BCUT2D eigenvalue weighted by molar-refractivity contribution is 7.15. The summed E-state index contributed by atoms with van der Waals surface area (Å²) in [7, 11) is 1.51. The second-order valence-corrected chi connectivity index (χ2v) is 11.7. The molecule has 2 N–H and O–H groups in total. The van der Waals surface area contributed by atoms with Crippen LogP contribution in [0, 0.1) is 5.82 Å². The van der Waals surface area contributed by atoms with Crippen LogP contribution >= 0.6 is 11.3 Å². The molecule has 0 spiro atoms. The number of piperidine rings is 1. The number of halogens is 1. The zero-order valence-corrected chi connectivity index (χ0v) is 24.9. The first-order chi connectivity index (χ1) is 21.3. The standard InChI is InChI=1S/C31H32FN5O6S/c1-41-26-4-2-19-3-5-28(38)33-15-20-10-21(32)13-23(11-20)43-25-6-7-36(17-24(25)35-29(39)18-42-27(26)12-19)30(40)14-22-16-37-8-9-44-31(37)34-22/h2,4,8-13,16,24-25H,3,5-7,14-15,17-18H2,1H3,(H,33,38)(H,35,39)/t24-,25-/m1/s1. The molecule has 0 unspecified atom stereocenters. The van der Waals surface area contributed by atoms with Gasteiger partial charge in [0.1, 0.15) is 17.7 Å². The maximum absolute atomic E-state index is 14.6. The SMILES string of the molecule is COc1ccc2cc1OCC(=O)N[C@@H]1CN(C(=O)Cc3cn4ccsc4n3)CC[C@H]1Oc1cc(F)cc(c1)CNC(=O)CC2. The normalized spacial score (nSPS) is 19.5. The number of aryl methyl sites for hydroxylation is 1. The number of rotatable bonds is 3. The molecule has 4 heterocycles. The molecule has 2 aromatic carbocycles. The van der Waals surface area contributed by atoms with E-state index in [0.717, 1.165) is 10.5 Å². The van der Waals surface area contributed by atoms with E-state index < -0.39 is 23.9 Å². The average molecular weight is 622 g/mol. The fourth-order valence-corrected chi connectivity index (χ4v) is 6.18. The van der Waals surface area contributed by atoms with E-state index in [0.29, 0.717) is 42.1 Å². The molecule has 4 bridgehead atoms. The van der Waals surface area contributed by atoms with Crippen molar-refractivity contribution >= 4 is 34.0 Å². The summed E-state index contributed by atoms with van der Waals surface area (Å²) >= 11 is 1.49. The molecule has 2 aromatic heterocycles. The third-order valence-corrected chi connectivity index (χ3v) is 8.43. The summed E-state index contributed by atoms with van der Waals surface area (Å²) in [5.74, 6) is -0.134. The van der Waals surface area contributed by atoms with E-state index in [-0.39, 0.29) is 50.1 Å². The molecular weight excluding hydrogens is 589 g/mol. The number of thiazole rings is 1. The smallest absolute Gasteiger partial charge is 0.258 e. The molecule has 4 aromatic rings. The van der Waals surface area contributed by atoms with Crippen molar-refractivity contribution in [3.63, 3.8) is 0 Å². The molecule has 1 fully saturated rings. The van der Waals surface area contributed by atoms with Gasteiger partial charge >= 0.3 is 0 Å². The van der Waals surface area contributed by atoms with Crippen molar-refractivity contribution in [2.24, 2.45) is 0 Å². The van der Waals surface area contributed by atoms with Crippen LogP contribution in [0.2, 0.25) is 0 Å². The Hall–Kier alpha value is -4.65. The van der Waals surface area contributed by atoms with Crippen LogP contribution in [0.25, 0.3) is 4.96 Å². The van der Waals surface area contributed by atoms with Crippen LogP contribution in [0.4, 0.5) is 4.39 Å². The maximum Gasteiger partial charge on any atom is 0.258 e. The predicted octanol–water partition coefficient (Wildman–Crippen LogP) is 2.89. The van der Waals surface area contributed by atoms with Crippen LogP contribution in [-0.4, -0.2) is 71.0 Å². The number of nitrogens with zero attached hydrogens (tertiary/aromatic N) is 3. The average Bonchev–Trinajstić information content (AvgIpc) is 3.60. The molecule has 0 radical (unpaired) electrons. The minimum Gasteiger partial charge on any atom is -0.493 e. The molecule has 1 saturated heterocycles. The number of hydrogen-bond donors (Lipinski definition) is 2. The van der Waals surface area contributed by atoms with Gasteiger partial charge < -0.3 is 29.7 Å². The largest absolute Gasteiger partial charge is 0.493 e. The highest BCUT2D eigenvalue weighted by atomic mass is 32.1. The van der Waals surface area contributed by atoms with E-state index in [1.54, 1.807) is 23.1 Å². The van der Waals surface area contributed by atoms with Gasteiger partial charge in [0, 0.05) is 56.3 Å². The highest BCUT2D eigenvalue weighted by Gasteiger charge is 2.34. The first-order valence-electron chi connectivity index (χ1n) is 14.3. The number of ether oxygens (including phenoxy) is 3. The second kappa shape index (κ2) is 12.9. The van der Waals surface area contributed by atoms with Gasteiger partial charge in [0.2, 0.25) is 11.8 Å². The van der Waals surface area contributed by atoms with Gasteiger partial charge in [0.05, 0.1) is 25.3 Å². The third kappa shape index (κ3) is 6.94. The van der Waals surface area contributed by atoms with Crippen LogP contribution in [-0.2, 0) is 33.8 Å². The highest BCUT2D eigenvalue weighted by Crippen LogP contribution is 2.29. The van der Waals surface area contributed by atoms with Gasteiger partial charge in [0.15, 0.2) is 23.1 Å². The second-order valence-electron chi connectivity index (χ2n) is 10.8. The number of carbonyl (C=O) groups is 3. The number of nitrogens with one attached hydrogen (secondary N) is 2. The number of hydrogen-bond acceptors (Lipinski definition) is 8. The summed E-state index contributed by atoms with van der Waals surface area (Å²) < 4.78 is 33.9. The number of methoxy groups -OCH3 is 1. The van der Waals surface area contributed by atoms with E-state index in [2.05, 4.69) is 15.6 Å². The fraction of sp³-hybridized carbons (Fsp3) is 0.355. The summed E-state index contributed by atoms with van der Waals surface area (Å²) in [6, 6.07) is 8.99. The summed E-state index contributed by atoms with van der Waals surface area (Å²) in [5, 5.41) is 7.73. The Morgan fingerprint density at radius 3 is 2.89 bits per heavy atom. The monoisotopic (exact) mass is 621 g/mol. The van der Waals surface area contributed by atoms with Crippen molar-refractivity contribution in [1.82, 2.24) is 24.9 Å². The number of benzene rings is 2. The molecule has 13 heteroatoms. The lowest BCUT2D eigenvalue weighted by molar-refractivity contribution is -0.135. The minimum absolute atomic E-state index is 0.121. The van der Waals surface area contributed by atoms with Crippen LogP contribution in [0.1, 0.15) is 29.7 Å². The van der Waals surface area contributed by atoms with E-state index >= 15 is 0 Å². The van der Waals surface area contributed by atoms with Crippen LogP contribution < -0.4 is 24.8 Å². The number of aromatic nitrogens is 2. The third-order valence-electron chi connectivity index (χ3n) is 7.66. The zero-order chi connectivity index (χ0) is 30.6. The Labute approximate surface area is 256 Å². The van der Waals surface area contributed by atoms with Gasteiger partial charge in [-0.2, -0.15) is 0 Å². The Bertz CT molecular complexity index is 1660. The molecule has 0 saturated carbocycles. The molecule has 6 rings (SSSR count). The van der Waals surface area contributed by atoms with Gasteiger partial charge in [-0.05, 0) is 41.8 Å². The Morgan fingerprint density at radius 1 is 1.16 bits per heavy atom. The van der Waals surface area contributed by atoms with Crippen molar-refractivity contribution in [3.8, 4) is 17.2 Å². The van der Waals surface area contributed by atoms with Gasteiger partial charge in [-0.15, -0.1) is 11.3 Å². The molecular formula is C31H32FN5O6S. The minimum atomic E-state index is -0.604. The lowest BCUT2D eigenvalue weighted by Gasteiger charge is -2.39. The number of imidazole rings is 1. The quantitative estimate of drug-likeness (QED) is 0.361. The molecule has 11 nitrogen and oxygen atoms in total. The molecule has 0 aliphatic carbocycles. The molecule has 230 valence electrons. The molecule has 3 amide bonds. The maximum atomic E-state index is 14.6. The van der Waals surface area contributed by atoms with Crippen molar-refractivity contribution in [2.45, 2.75) is 44.4 Å². The number of amides is 3. The Morgan fingerprint density at radius 2 is 2.05 bits per heavy atom. The van der Waals surface area contributed by atoms with Crippen molar-refractivity contribution in [1.29, 1.82) is 0 Å². The number of fused-ring (bicyclic) bond motifs is 6. The first kappa shape index (κ1) is 29.4. The van der Waals surface area contributed by atoms with E-state index in [1.807, 2.05) is 28.2 Å². The topological polar surface area (TPSA) is 124 Å². The predicted molar refractivity (Wildman–Crippen MR) is 159 cm³/mol. The van der Waals surface area contributed by atoms with Crippen LogP contribution in [0.5, 0.6) is 17.2 Å². The van der Waals surface area contributed by atoms with E-state index in [9.17, 15) is 18.8 Å². The van der Waals surface area contributed by atoms with E-state index in [1.165, 1.54) is 30.6 Å². The van der Waals surface area contributed by atoms with Gasteiger partial charge in [-0.1, -0.05) is 6.07 Å². The van der Waals surface area contributed by atoms with Crippen LogP contribution in [0.15, 0.2) is 54.2 Å². The van der Waals surface area contributed by atoms with E-state index in [4.69, 9.17) is 14.2 Å². The number of likely N-dealkylation sites (tertiary alicyclic amines) is 1. The van der Waals surface area contributed by atoms with Crippen molar-refractivity contribution in [3.05, 3.63) is 76.8 Å². The fourth-order valence-electron chi connectivity index (χ4n) is 5.46. The Kier molecular flexibility index (Phi) is 8.64. The molecule has 2 aliphatic heterocycles. The molecule has 2 aliphatic rings. The lowest BCUT2D eigenvalue weighted by atomic mass is 10.0. The lowest BCUT2D eigenvalue weighted by Crippen LogP contribution is -2.58.